The third-order valence-corrected chi connectivity index (χ3v) is 7.88. The molecule has 3 aromatic heterocycles. The second-order valence-electron chi connectivity index (χ2n) is 10.8. The molecule has 8 nitrogen and oxygen atoms in total. The molecular formula is C38H24N6O2. The zero-order valence-corrected chi connectivity index (χ0v) is 24.3. The molecule has 8 rings (SSSR count). The van der Waals surface area contributed by atoms with E-state index in [0.717, 1.165) is 55.0 Å². The van der Waals surface area contributed by atoms with Crippen molar-refractivity contribution in [1.29, 1.82) is 0 Å². The van der Waals surface area contributed by atoms with E-state index in [1.54, 1.807) is 61.2 Å². The van der Waals surface area contributed by atoms with Crippen LogP contribution in [0.4, 0.5) is 11.4 Å². The summed E-state index contributed by atoms with van der Waals surface area (Å²) in [6.45, 7) is 0. The fraction of sp³-hybridized carbons (Fsp3) is 0. The van der Waals surface area contributed by atoms with E-state index in [0.29, 0.717) is 22.5 Å². The summed E-state index contributed by atoms with van der Waals surface area (Å²) < 4.78 is 0. The van der Waals surface area contributed by atoms with Gasteiger partial charge in [0.2, 0.25) is 0 Å². The Bertz CT molecular complexity index is 2530. The predicted molar refractivity (Wildman–Crippen MR) is 184 cm³/mol. The van der Waals surface area contributed by atoms with E-state index in [1.807, 2.05) is 72.8 Å². The van der Waals surface area contributed by atoms with E-state index in [-0.39, 0.29) is 11.5 Å². The van der Waals surface area contributed by atoms with Crippen LogP contribution >= 0.6 is 0 Å². The van der Waals surface area contributed by atoms with Crippen molar-refractivity contribution in [3.63, 3.8) is 0 Å². The van der Waals surface area contributed by atoms with Crippen molar-refractivity contribution >= 4 is 67.7 Å². The highest BCUT2D eigenvalue weighted by Crippen LogP contribution is 2.36. The first-order chi connectivity index (χ1) is 22.6. The van der Waals surface area contributed by atoms with Gasteiger partial charge >= 0.3 is 0 Å². The first-order valence-corrected chi connectivity index (χ1v) is 14.6. The van der Waals surface area contributed by atoms with Crippen molar-refractivity contribution in [3.05, 3.63) is 133 Å². The number of aliphatic imine (C=N–C) groups is 2. The largest absolute Gasteiger partial charge is 0.507 e. The van der Waals surface area contributed by atoms with E-state index in [4.69, 9.17) is 15.0 Å². The minimum absolute atomic E-state index is 0.133. The highest BCUT2D eigenvalue weighted by molar-refractivity contribution is 6.21. The predicted octanol–water partition coefficient (Wildman–Crippen LogP) is 8.46. The van der Waals surface area contributed by atoms with Gasteiger partial charge < -0.3 is 10.2 Å². The molecule has 3 heterocycles. The third-order valence-electron chi connectivity index (χ3n) is 7.88. The number of rotatable bonds is 5. The summed E-state index contributed by atoms with van der Waals surface area (Å²) in [5.74, 6) is 0.271. The number of pyridine rings is 2. The highest BCUT2D eigenvalue weighted by atomic mass is 16.3. The summed E-state index contributed by atoms with van der Waals surface area (Å²) in [5, 5.41) is 22.3. The number of nitrogens with zero attached hydrogens (tertiary/aromatic N) is 6. The van der Waals surface area contributed by atoms with Crippen molar-refractivity contribution in [2.24, 2.45) is 9.98 Å². The van der Waals surface area contributed by atoms with E-state index >= 15 is 0 Å². The molecule has 5 aromatic carbocycles. The van der Waals surface area contributed by atoms with Gasteiger partial charge in [-0.3, -0.25) is 20.0 Å². The van der Waals surface area contributed by atoms with Gasteiger partial charge in [0.05, 0.1) is 44.5 Å². The Morgan fingerprint density at radius 3 is 1.65 bits per heavy atom. The molecule has 0 aliphatic rings. The summed E-state index contributed by atoms with van der Waals surface area (Å²) in [6, 6.07) is 33.7. The van der Waals surface area contributed by atoms with E-state index in [1.165, 1.54) is 0 Å². The number of phenols is 2. The first-order valence-electron chi connectivity index (χ1n) is 14.6. The van der Waals surface area contributed by atoms with Crippen LogP contribution in [-0.4, -0.2) is 42.6 Å². The monoisotopic (exact) mass is 596 g/mol. The lowest BCUT2D eigenvalue weighted by atomic mass is 10.0. The molecule has 218 valence electrons. The molecule has 0 saturated carbocycles. The molecule has 0 atom stereocenters. The molecule has 8 aromatic rings. The van der Waals surface area contributed by atoms with Crippen molar-refractivity contribution < 1.29 is 10.2 Å². The molecular weight excluding hydrogens is 572 g/mol. The average molecular weight is 597 g/mol. The zero-order chi connectivity index (χ0) is 31.0. The molecule has 0 spiro atoms. The van der Waals surface area contributed by atoms with Crippen LogP contribution < -0.4 is 0 Å². The maximum atomic E-state index is 10.3. The first kappa shape index (κ1) is 27.0. The maximum Gasteiger partial charge on any atom is 0.124 e. The number of fused-ring (bicyclic) bond motifs is 7. The van der Waals surface area contributed by atoms with Crippen LogP contribution in [0.15, 0.2) is 132 Å². The summed E-state index contributed by atoms with van der Waals surface area (Å²) in [7, 11) is 0. The summed E-state index contributed by atoms with van der Waals surface area (Å²) in [6.07, 6.45) is 6.76. The molecule has 2 N–H and O–H groups in total. The van der Waals surface area contributed by atoms with Crippen LogP contribution in [0.2, 0.25) is 0 Å². The standard InChI is InChI=1S/C38H24N6O2/c45-33-11-3-1-7-25(33)21-41-29-15-13-23(19-31(29)42-22-26-8-2-4-12-34(26)46)24-14-16-30-32(20-24)44-38-28-10-6-18-40-36(28)35-27(37(38)43-30)9-5-17-39-35/h1-22,45-46H. The van der Waals surface area contributed by atoms with E-state index < -0.39 is 0 Å². The number of hydrogen-bond donors (Lipinski definition) is 2. The van der Waals surface area contributed by atoms with Crippen LogP contribution in [0, 0.1) is 0 Å². The van der Waals surface area contributed by atoms with Gasteiger partial charge in [-0.15, -0.1) is 0 Å². The number of hydrogen-bond acceptors (Lipinski definition) is 8. The second-order valence-corrected chi connectivity index (χ2v) is 10.8. The minimum Gasteiger partial charge on any atom is -0.507 e. The van der Waals surface area contributed by atoms with Gasteiger partial charge in [-0.2, -0.15) is 0 Å². The second kappa shape index (κ2) is 11.2. The van der Waals surface area contributed by atoms with Crippen LogP contribution in [0.25, 0.3) is 55.0 Å². The molecule has 0 saturated heterocycles. The molecule has 0 fully saturated rings. The van der Waals surface area contributed by atoms with Gasteiger partial charge in [0.1, 0.15) is 11.5 Å². The number of phenolic OH excluding ortho intramolecular Hbond substituents is 2. The van der Waals surface area contributed by atoms with Gasteiger partial charge in [0.25, 0.3) is 0 Å². The SMILES string of the molecule is Oc1ccccc1C=Nc1ccc(-c2ccc3nc4c5cccnc5c5ncccc5c4nc3c2)cc1N=Cc1ccccc1O. The van der Waals surface area contributed by atoms with Crippen LogP contribution in [0.3, 0.4) is 0 Å². The van der Waals surface area contributed by atoms with E-state index in [2.05, 4.69) is 15.0 Å². The van der Waals surface area contributed by atoms with E-state index in [9.17, 15) is 10.2 Å². The Morgan fingerprint density at radius 2 is 1.02 bits per heavy atom. The van der Waals surface area contributed by atoms with Gasteiger partial charge in [-0.25, -0.2) is 9.97 Å². The molecule has 0 bridgehead atoms. The van der Waals surface area contributed by atoms with Gasteiger partial charge in [-0.1, -0.05) is 36.4 Å². The lowest BCUT2D eigenvalue weighted by molar-refractivity contribution is 0.474. The molecule has 8 heteroatoms. The maximum absolute atomic E-state index is 10.3. The van der Waals surface area contributed by atoms with Gasteiger partial charge in [0.15, 0.2) is 0 Å². The zero-order valence-electron chi connectivity index (χ0n) is 24.3. The van der Waals surface area contributed by atoms with Crippen molar-refractivity contribution in [2.45, 2.75) is 0 Å². The van der Waals surface area contributed by atoms with Gasteiger partial charge in [0, 0.05) is 46.7 Å². The van der Waals surface area contributed by atoms with Crippen LogP contribution in [-0.2, 0) is 0 Å². The Morgan fingerprint density at radius 1 is 0.478 bits per heavy atom. The number of benzene rings is 5. The third kappa shape index (κ3) is 4.84. The number of aromatic nitrogens is 4. The Labute approximate surface area is 262 Å². The average Bonchev–Trinajstić information content (AvgIpc) is 3.10. The molecule has 0 aliphatic heterocycles. The number of para-hydroxylation sites is 2. The summed E-state index contributed by atoms with van der Waals surface area (Å²) in [4.78, 5) is 28.7. The smallest absolute Gasteiger partial charge is 0.124 e. The van der Waals surface area contributed by atoms with Crippen molar-refractivity contribution in [3.8, 4) is 22.6 Å². The minimum atomic E-state index is 0.133. The number of aromatic hydroxyl groups is 2. The molecule has 46 heavy (non-hydrogen) atoms. The van der Waals surface area contributed by atoms with Crippen molar-refractivity contribution in [1.82, 2.24) is 19.9 Å². The normalized spacial score (nSPS) is 11.9. The lowest BCUT2D eigenvalue weighted by Crippen LogP contribution is -1.94. The lowest BCUT2D eigenvalue weighted by Gasteiger charge is -2.10. The fourth-order valence-corrected chi connectivity index (χ4v) is 5.57. The molecule has 0 aliphatic carbocycles. The van der Waals surface area contributed by atoms with Crippen LogP contribution in [0.1, 0.15) is 11.1 Å². The van der Waals surface area contributed by atoms with Gasteiger partial charge in [-0.05, 0) is 83.9 Å². The summed E-state index contributed by atoms with van der Waals surface area (Å²) in [5.41, 5.74) is 8.88. The Balaban J connectivity index is 1.26. The molecule has 0 unspecified atom stereocenters. The van der Waals surface area contributed by atoms with Crippen LogP contribution in [0.5, 0.6) is 11.5 Å². The fourth-order valence-electron chi connectivity index (χ4n) is 5.57. The highest BCUT2D eigenvalue weighted by Gasteiger charge is 2.14. The van der Waals surface area contributed by atoms with Crippen molar-refractivity contribution in [2.75, 3.05) is 0 Å². The topological polar surface area (TPSA) is 117 Å². The molecule has 0 amide bonds. The molecule has 0 radical (unpaired) electrons. The quantitative estimate of drug-likeness (QED) is 0.117. The summed E-state index contributed by atoms with van der Waals surface area (Å²) >= 11 is 0. The Kier molecular flexibility index (Phi) is 6.58. The Hall–Kier alpha value is -6.54.